The van der Waals surface area contributed by atoms with Gasteiger partial charge in [-0.3, -0.25) is 19.5 Å². The van der Waals surface area contributed by atoms with Crippen molar-refractivity contribution in [2.75, 3.05) is 13.1 Å². The number of carboxylic acid groups (broad SMARTS) is 1. The number of likely N-dealkylation sites (tertiary alicyclic amines) is 1. The predicted octanol–water partition coefficient (Wildman–Crippen LogP) is 2.53. The molecule has 6 heteroatoms. The van der Waals surface area contributed by atoms with E-state index in [9.17, 15) is 9.59 Å². The average Bonchev–Trinajstić information content (AvgIpc) is 3.11. The van der Waals surface area contributed by atoms with Crippen LogP contribution in [0.1, 0.15) is 50.1 Å². The summed E-state index contributed by atoms with van der Waals surface area (Å²) >= 11 is 0. The molecule has 2 aliphatic rings. The molecule has 1 atom stereocenters. The second kappa shape index (κ2) is 8.94. The molecular formula is C20H27N3O3. The lowest BCUT2D eigenvalue weighted by atomic mass is 9.86. The van der Waals surface area contributed by atoms with Gasteiger partial charge < -0.3 is 10.4 Å². The molecule has 26 heavy (non-hydrogen) atoms. The fourth-order valence-electron chi connectivity index (χ4n) is 4.02. The van der Waals surface area contributed by atoms with Gasteiger partial charge in [-0.2, -0.15) is 0 Å². The van der Waals surface area contributed by atoms with Gasteiger partial charge in [-0.25, -0.2) is 0 Å². The highest BCUT2D eigenvalue weighted by molar-refractivity contribution is 5.87. The third kappa shape index (κ3) is 4.91. The quantitative estimate of drug-likeness (QED) is 0.765. The number of carboxylic acids is 1. The molecule has 6 nitrogen and oxygen atoms in total. The number of hydrogen-bond donors (Lipinski definition) is 2. The number of hydrogen-bond acceptors (Lipinski definition) is 4. The van der Waals surface area contributed by atoms with Crippen LogP contribution in [0.4, 0.5) is 0 Å². The van der Waals surface area contributed by atoms with E-state index in [1.807, 2.05) is 18.3 Å². The fraction of sp³-hybridized carbons (Fsp3) is 0.550. The molecule has 140 valence electrons. The van der Waals surface area contributed by atoms with Crippen molar-refractivity contribution in [1.82, 2.24) is 15.2 Å². The second-order valence-electron chi connectivity index (χ2n) is 7.24. The van der Waals surface area contributed by atoms with Crippen LogP contribution >= 0.6 is 0 Å². The van der Waals surface area contributed by atoms with E-state index >= 15 is 0 Å². The van der Waals surface area contributed by atoms with Gasteiger partial charge in [0.25, 0.3) is 0 Å². The summed E-state index contributed by atoms with van der Waals surface area (Å²) in [4.78, 5) is 29.7. The van der Waals surface area contributed by atoms with Gasteiger partial charge >= 0.3 is 5.97 Å². The summed E-state index contributed by atoms with van der Waals surface area (Å²) in [5.41, 5.74) is 1.23. The van der Waals surface area contributed by atoms with Crippen molar-refractivity contribution in [2.45, 2.75) is 50.6 Å². The molecule has 0 aromatic carbocycles. The minimum Gasteiger partial charge on any atom is -0.481 e. The van der Waals surface area contributed by atoms with Gasteiger partial charge in [0.2, 0.25) is 5.91 Å². The Bertz CT molecular complexity index is 639. The van der Waals surface area contributed by atoms with E-state index in [-0.39, 0.29) is 17.9 Å². The minimum atomic E-state index is -0.719. The summed E-state index contributed by atoms with van der Waals surface area (Å²) < 4.78 is 0. The normalized spacial score (nSPS) is 26.8. The SMILES string of the molecule is O=C(C=CCN1CCCC1c1cccnc1)NC1CCC(C(=O)O)CC1. The Labute approximate surface area is 154 Å². The number of aliphatic carboxylic acids is 1. The van der Waals surface area contributed by atoms with Crippen LogP contribution in [-0.2, 0) is 9.59 Å². The van der Waals surface area contributed by atoms with Gasteiger partial charge in [-0.1, -0.05) is 12.1 Å². The molecule has 1 aliphatic heterocycles. The topological polar surface area (TPSA) is 82.5 Å². The van der Waals surface area contributed by atoms with Crippen LogP contribution in [0.15, 0.2) is 36.7 Å². The molecule has 1 saturated heterocycles. The van der Waals surface area contributed by atoms with E-state index < -0.39 is 5.97 Å². The molecule has 3 rings (SSSR count). The molecule has 0 bridgehead atoms. The molecule has 1 aromatic heterocycles. The molecule has 2 heterocycles. The fourth-order valence-corrected chi connectivity index (χ4v) is 4.02. The van der Waals surface area contributed by atoms with Crippen molar-refractivity contribution in [2.24, 2.45) is 5.92 Å². The van der Waals surface area contributed by atoms with Crippen LogP contribution in [0.3, 0.4) is 0 Å². The highest BCUT2D eigenvalue weighted by atomic mass is 16.4. The molecule has 2 fully saturated rings. The predicted molar refractivity (Wildman–Crippen MR) is 98.4 cm³/mol. The van der Waals surface area contributed by atoms with E-state index in [1.165, 1.54) is 5.56 Å². The van der Waals surface area contributed by atoms with Crippen LogP contribution in [0.2, 0.25) is 0 Å². The van der Waals surface area contributed by atoms with Gasteiger partial charge in [-0.05, 0) is 56.7 Å². The molecular weight excluding hydrogens is 330 g/mol. The second-order valence-corrected chi connectivity index (χ2v) is 7.24. The standard InChI is InChI=1S/C20H27N3O3/c24-19(22-17-9-7-15(8-10-17)20(25)26)6-3-13-23-12-2-5-18(23)16-4-1-11-21-14-16/h1,3-4,6,11,14-15,17-18H,2,5,7-10,12-13H2,(H,22,24)(H,25,26). The first-order valence-corrected chi connectivity index (χ1v) is 9.47. The Morgan fingerprint density at radius 2 is 2.08 bits per heavy atom. The molecule has 1 saturated carbocycles. The Kier molecular flexibility index (Phi) is 6.39. The Balaban J connectivity index is 1.43. The first-order valence-electron chi connectivity index (χ1n) is 9.47. The van der Waals surface area contributed by atoms with E-state index in [0.717, 1.165) is 38.8 Å². The maximum Gasteiger partial charge on any atom is 0.306 e. The summed E-state index contributed by atoms with van der Waals surface area (Å²) in [6.45, 7) is 1.78. The lowest BCUT2D eigenvalue weighted by Crippen LogP contribution is -2.38. The van der Waals surface area contributed by atoms with E-state index in [1.54, 1.807) is 12.3 Å². The largest absolute Gasteiger partial charge is 0.481 e. The zero-order chi connectivity index (χ0) is 18.4. The Morgan fingerprint density at radius 3 is 2.77 bits per heavy atom. The van der Waals surface area contributed by atoms with Crippen LogP contribution in [0, 0.1) is 5.92 Å². The zero-order valence-electron chi connectivity index (χ0n) is 15.0. The number of pyridine rings is 1. The summed E-state index contributed by atoms with van der Waals surface area (Å²) in [6.07, 6.45) is 12.3. The lowest BCUT2D eigenvalue weighted by molar-refractivity contribution is -0.142. The van der Waals surface area contributed by atoms with Crippen LogP contribution in [0.5, 0.6) is 0 Å². The van der Waals surface area contributed by atoms with Crippen molar-refractivity contribution < 1.29 is 14.7 Å². The molecule has 1 aromatic rings. The highest BCUT2D eigenvalue weighted by Crippen LogP contribution is 2.31. The molecule has 0 radical (unpaired) electrons. The molecule has 2 N–H and O–H groups in total. The summed E-state index contributed by atoms with van der Waals surface area (Å²) in [5.74, 6) is -1.05. The van der Waals surface area contributed by atoms with Crippen LogP contribution in [-0.4, -0.2) is 46.0 Å². The lowest BCUT2D eigenvalue weighted by Gasteiger charge is -2.26. The maximum atomic E-state index is 12.1. The van der Waals surface area contributed by atoms with Crippen LogP contribution in [0.25, 0.3) is 0 Å². The number of carbonyl (C=O) groups excluding carboxylic acids is 1. The van der Waals surface area contributed by atoms with Crippen LogP contribution < -0.4 is 5.32 Å². The summed E-state index contributed by atoms with van der Waals surface area (Å²) in [5, 5.41) is 12.0. The first kappa shape index (κ1) is 18.6. The van der Waals surface area contributed by atoms with E-state index in [2.05, 4.69) is 21.3 Å². The monoisotopic (exact) mass is 357 g/mol. The Hall–Kier alpha value is -2.21. The summed E-state index contributed by atoms with van der Waals surface area (Å²) in [6, 6.07) is 4.55. The first-order chi connectivity index (χ1) is 12.6. The van der Waals surface area contributed by atoms with Gasteiger partial charge in [0.15, 0.2) is 0 Å². The third-order valence-electron chi connectivity index (χ3n) is 5.46. The van der Waals surface area contributed by atoms with Crippen molar-refractivity contribution >= 4 is 11.9 Å². The number of nitrogens with zero attached hydrogens (tertiary/aromatic N) is 2. The van der Waals surface area contributed by atoms with Crippen molar-refractivity contribution in [1.29, 1.82) is 0 Å². The van der Waals surface area contributed by atoms with Crippen molar-refractivity contribution in [3.63, 3.8) is 0 Å². The van der Waals surface area contributed by atoms with Gasteiger partial charge in [-0.15, -0.1) is 0 Å². The average molecular weight is 357 g/mol. The Morgan fingerprint density at radius 1 is 1.27 bits per heavy atom. The zero-order valence-corrected chi connectivity index (χ0v) is 15.0. The van der Waals surface area contributed by atoms with Crippen molar-refractivity contribution in [3.05, 3.63) is 42.2 Å². The number of rotatable bonds is 6. The van der Waals surface area contributed by atoms with Gasteiger partial charge in [0, 0.05) is 37.1 Å². The van der Waals surface area contributed by atoms with E-state index in [4.69, 9.17) is 5.11 Å². The summed E-state index contributed by atoms with van der Waals surface area (Å²) in [7, 11) is 0. The molecule has 1 unspecified atom stereocenters. The van der Waals surface area contributed by atoms with E-state index in [0.29, 0.717) is 18.9 Å². The number of nitrogens with one attached hydrogen (secondary N) is 1. The molecule has 1 amide bonds. The highest BCUT2D eigenvalue weighted by Gasteiger charge is 2.27. The maximum absolute atomic E-state index is 12.1. The van der Waals surface area contributed by atoms with Crippen molar-refractivity contribution in [3.8, 4) is 0 Å². The van der Waals surface area contributed by atoms with Gasteiger partial charge in [0.05, 0.1) is 5.92 Å². The molecule has 1 aliphatic carbocycles. The number of aromatic nitrogens is 1. The third-order valence-corrected chi connectivity index (χ3v) is 5.46. The smallest absolute Gasteiger partial charge is 0.306 e. The van der Waals surface area contributed by atoms with Gasteiger partial charge in [0.1, 0.15) is 0 Å². The molecule has 0 spiro atoms. The number of carbonyl (C=O) groups is 2. The number of amides is 1. The minimum absolute atomic E-state index is 0.0825.